The fraction of sp³-hybridized carbons (Fsp3) is 0.875. The topological polar surface area (TPSA) is 37.3 Å². The van der Waals surface area contributed by atoms with Crippen LogP contribution >= 0.6 is 11.8 Å². The van der Waals surface area contributed by atoms with E-state index in [2.05, 4.69) is 6.92 Å². The highest BCUT2D eigenvalue weighted by Crippen LogP contribution is 2.13. The quantitative estimate of drug-likeness (QED) is 0.674. The molecule has 0 aliphatic carbocycles. The molecule has 0 aromatic heterocycles. The minimum absolute atomic E-state index is 0.134. The number of hydrogen-bond acceptors (Lipinski definition) is 2. The monoisotopic (exact) mass is 176 g/mol. The number of rotatable bonds is 6. The van der Waals surface area contributed by atoms with Gasteiger partial charge in [-0.2, -0.15) is 11.8 Å². The largest absolute Gasteiger partial charge is 0.481 e. The Labute approximate surface area is 72.4 Å². The summed E-state index contributed by atoms with van der Waals surface area (Å²) in [6.45, 7) is 2.08. The molecular formula is C8H16O2S. The molecule has 0 aromatic rings. The molecule has 1 N–H and O–H groups in total. The Morgan fingerprint density at radius 1 is 1.64 bits per heavy atom. The van der Waals surface area contributed by atoms with Crippen molar-refractivity contribution >= 4 is 17.7 Å². The van der Waals surface area contributed by atoms with Crippen molar-refractivity contribution in [2.75, 3.05) is 12.0 Å². The molecule has 66 valence electrons. The lowest BCUT2D eigenvalue weighted by Gasteiger charge is -2.08. The molecule has 0 aliphatic rings. The minimum Gasteiger partial charge on any atom is -0.481 e. The summed E-state index contributed by atoms with van der Waals surface area (Å²) in [5.74, 6) is -0.0345. The third kappa shape index (κ3) is 5.13. The lowest BCUT2D eigenvalue weighted by atomic mass is 10.1. The van der Waals surface area contributed by atoms with Gasteiger partial charge in [0.05, 0.1) is 5.92 Å². The summed E-state index contributed by atoms with van der Waals surface area (Å²) in [4.78, 5) is 10.6. The summed E-state index contributed by atoms with van der Waals surface area (Å²) in [5, 5.41) is 8.72. The van der Waals surface area contributed by atoms with Gasteiger partial charge in [-0.15, -0.1) is 0 Å². The second kappa shape index (κ2) is 6.53. The molecule has 0 spiro atoms. The maximum Gasteiger partial charge on any atom is 0.307 e. The van der Waals surface area contributed by atoms with Crippen LogP contribution in [0.4, 0.5) is 0 Å². The Morgan fingerprint density at radius 3 is 2.64 bits per heavy atom. The highest BCUT2D eigenvalue weighted by Gasteiger charge is 2.14. The number of unbranched alkanes of at least 4 members (excludes halogenated alkanes) is 1. The molecule has 0 bridgehead atoms. The van der Waals surface area contributed by atoms with Gasteiger partial charge in [-0.05, 0) is 12.7 Å². The molecule has 0 radical (unpaired) electrons. The second-order valence-electron chi connectivity index (χ2n) is 2.63. The predicted octanol–water partition coefficient (Wildman–Crippen LogP) is 2.24. The van der Waals surface area contributed by atoms with Crippen LogP contribution in [0.15, 0.2) is 0 Å². The average Bonchev–Trinajstić information content (AvgIpc) is 1.97. The van der Waals surface area contributed by atoms with E-state index in [0.29, 0.717) is 0 Å². The molecule has 1 atom stereocenters. The number of thioether (sulfide) groups is 1. The first kappa shape index (κ1) is 10.8. The zero-order valence-corrected chi connectivity index (χ0v) is 7.99. The second-order valence-corrected chi connectivity index (χ2v) is 3.54. The highest BCUT2D eigenvalue weighted by molar-refractivity contribution is 7.98. The first-order chi connectivity index (χ1) is 5.22. The van der Waals surface area contributed by atoms with Gasteiger partial charge < -0.3 is 5.11 Å². The van der Waals surface area contributed by atoms with Crippen LogP contribution in [0.3, 0.4) is 0 Å². The van der Waals surface area contributed by atoms with Crippen LogP contribution in [0.5, 0.6) is 0 Å². The summed E-state index contributed by atoms with van der Waals surface area (Å²) in [5.41, 5.74) is 0. The first-order valence-corrected chi connectivity index (χ1v) is 5.33. The highest BCUT2D eigenvalue weighted by atomic mass is 32.2. The maximum absolute atomic E-state index is 10.6. The Balaban J connectivity index is 3.60. The van der Waals surface area contributed by atoms with Crippen LogP contribution in [0.1, 0.15) is 26.2 Å². The molecular weight excluding hydrogens is 160 g/mol. The number of carbonyl (C=O) groups is 1. The normalized spacial score (nSPS) is 12.9. The van der Waals surface area contributed by atoms with Crippen LogP contribution in [0, 0.1) is 5.92 Å². The molecule has 0 saturated carbocycles. The third-order valence-corrected chi connectivity index (χ3v) is 2.36. The molecule has 0 aliphatic heterocycles. The number of aliphatic carboxylic acids is 1. The van der Waals surface area contributed by atoms with E-state index in [4.69, 9.17) is 5.11 Å². The lowest BCUT2D eigenvalue weighted by Crippen LogP contribution is -2.15. The lowest BCUT2D eigenvalue weighted by molar-refractivity contribution is -0.141. The van der Waals surface area contributed by atoms with Crippen molar-refractivity contribution in [2.45, 2.75) is 26.2 Å². The number of carboxylic acids is 1. The number of carboxylic acid groups (broad SMARTS) is 1. The summed E-state index contributed by atoms with van der Waals surface area (Å²) >= 11 is 1.61. The average molecular weight is 176 g/mol. The summed E-state index contributed by atoms with van der Waals surface area (Å²) in [7, 11) is 0. The van der Waals surface area contributed by atoms with Gasteiger partial charge in [-0.3, -0.25) is 4.79 Å². The molecule has 0 rings (SSSR count). The van der Waals surface area contributed by atoms with Gasteiger partial charge in [0.15, 0.2) is 0 Å². The third-order valence-electron chi connectivity index (χ3n) is 1.62. The first-order valence-electron chi connectivity index (χ1n) is 3.94. The zero-order valence-electron chi connectivity index (χ0n) is 7.17. The molecule has 0 aromatic carbocycles. The summed E-state index contributed by atoms with van der Waals surface area (Å²) < 4.78 is 0. The fourth-order valence-electron chi connectivity index (χ4n) is 0.930. The van der Waals surface area contributed by atoms with Gasteiger partial charge in [0.1, 0.15) is 0 Å². The van der Waals surface area contributed by atoms with Gasteiger partial charge in [-0.25, -0.2) is 0 Å². The molecule has 2 nitrogen and oxygen atoms in total. The van der Waals surface area contributed by atoms with E-state index in [1.807, 2.05) is 6.26 Å². The molecule has 0 fully saturated rings. The van der Waals surface area contributed by atoms with Gasteiger partial charge in [0.2, 0.25) is 0 Å². The summed E-state index contributed by atoms with van der Waals surface area (Å²) in [6, 6.07) is 0. The van der Waals surface area contributed by atoms with Crippen LogP contribution in [-0.2, 0) is 4.79 Å². The van der Waals surface area contributed by atoms with Crippen molar-refractivity contribution in [3.63, 3.8) is 0 Å². The van der Waals surface area contributed by atoms with Gasteiger partial charge >= 0.3 is 5.97 Å². The van der Waals surface area contributed by atoms with E-state index in [1.165, 1.54) is 0 Å². The van der Waals surface area contributed by atoms with Crippen molar-refractivity contribution in [3.8, 4) is 0 Å². The SMILES string of the molecule is CCCCC(CSC)C(=O)O. The zero-order chi connectivity index (χ0) is 8.69. The Hall–Kier alpha value is -0.180. The van der Waals surface area contributed by atoms with E-state index in [0.717, 1.165) is 25.0 Å². The van der Waals surface area contributed by atoms with Gasteiger partial charge in [0.25, 0.3) is 0 Å². The minimum atomic E-state index is -0.646. The number of hydrogen-bond donors (Lipinski definition) is 1. The van der Waals surface area contributed by atoms with Gasteiger partial charge in [0, 0.05) is 5.75 Å². The van der Waals surface area contributed by atoms with Crippen LogP contribution < -0.4 is 0 Å². The fourth-order valence-corrected chi connectivity index (χ4v) is 1.64. The Kier molecular flexibility index (Phi) is 6.42. The molecule has 1 unspecified atom stereocenters. The Bertz CT molecular complexity index is 115. The Morgan fingerprint density at radius 2 is 2.27 bits per heavy atom. The maximum atomic E-state index is 10.6. The molecule has 0 amide bonds. The van der Waals surface area contributed by atoms with Crippen molar-refractivity contribution < 1.29 is 9.90 Å². The van der Waals surface area contributed by atoms with E-state index in [9.17, 15) is 4.79 Å². The molecule has 0 saturated heterocycles. The van der Waals surface area contributed by atoms with Crippen molar-refractivity contribution in [2.24, 2.45) is 5.92 Å². The van der Waals surface area contributed by atoms with Gasteiger partial charge in [-0.1, -0.05) is 19.8 Å². The molecule has 3 heteroatoms. The standard InChI is InChI=1S/C8H16O2S/c1-3-4-5-7(6-11-2)8(9)10/h7H,3-6H2,1-2H3,(H,9,10). The predicted molar refractivity (Wildman–Crippen MR) is 49.0 cm³/mol. The van der Waals surface area contributed by atoms with Crippen LogP contribution in [0.25, 0.3) is 0 Å². The van der Waals surface area contributed by atoms with E-state index < -0.39 is 5.97 Å². The smallest absolute Gasteiger partial charge is 0.307 e. The molecule has 0 heterocycles. The van der Waals surface area contributed by atoms with E-state index in [-0.39, 0.29) is 5.92 Å². The summed E-state index contributed by atoms with van der Waals surface area (Å²) in [6.07, 6.45) is 4.88. The molecule has 11 heavy (non-hydrogen) atoms. The van der Waals surface area contributed by atoms with Crippen molar-refractivity contribution in [1.29, 1.82) is 0 Å². The van der Waals surface area contributed by atoms with E-state index >= 15 is 0 Å². The van der Waals surface area contributed by atoms with Crippen molar-refractivity contribution in [1.82, 2.24) is 0 Å². The van der Waals surface area contributed by atoms with Crippen LogP contribution in [-0.4, -0.2) is 23.1 Å². The van der Waals surface area contributed by atoms with Crippen LogP contribution in [0.2, 0.25) is 0 Å². The van der Waals surface area contributed by atoms with Crippen molar-refractivity contribution in [3.05, 3.63) is 0 Å². The van der Waals surface area contributed by atoms with E-state index in [1.54, 1.807) is 11.8 Å².